The van der Waals surface area contributed by atoms with E-state index >= 15 is 0 Å². The number of hydrogen-bond acceptors (Lipinski definition) is 3. The molecule has 0 N–H and O–H groups in total. The van der Waals surface area contributed by atoms with Gasteiger partial charge >= 0.3 is 0 Å². The SMILES string of the molecule is CCC(C)Oc1ccc(PC(=O)c2c(C)cc(C)cc2C)c(OC(C)CC)c1. The van der Waals surface area contributed by atoms with Gasteiger partial charge in [-0.2, -0.15) is 0 Å². The Labute approximate surface area is 171 Å². The Balaban J connectivity index is 2.34. The maximum Gasteiger partial charge on any atom is 0.186 e. The lowest BCUT2D eigenvalue weighted by Gasteiger charge is -2.19. The molecule has 0 aromatic heterocycles. The second-order valence-electron chi connectivity index (χ2n) is 7.56. The maximum absolute atomic E-state index is 13.1. The second-order valence-corrected chi connectivity index (χ2v) is 8.80. The first-order chi connectivity index (χ1) is 13.2. The summed E-state index contributed by atoms with van der Waals surface area (Å²) >= 11 is 0. The molecule has 3 unspecified atom stereocenters. The Morgan fingerprint density at radius 3 is 2.07 bits per heavy atom. The van der Waals surface area contributed by atoms with Crippen molar-refractivity contribution in [2.24, 2.45) is 0 Å². The van der Waals surface area contributed by atoms with Gasteiger partial charge in [0.25, 0.3) is 0 Å². The van der Waals surface area contributed by atoms with Crippen LogP contribution in [0.15, 0.2) is 30.3 Å². The predicted octanol–water partition coefficient (Wildman–Crippen LogP) is 6.11. The average molecular weight is 400 g/mol. The fraction of sp³-hybridized carbons (Fsp3) is 0.458. The molecule has 4 heteroatoms. The summed E-state index contributed by atoms with van der Waals surface area (Å²) in [5.41, 5.74) is 4.24. The van der Waals surface area contributed by atoms with Crippen molar-refractivity contribution in [2.75, 3.05) is 0 Å². The van der Waals surface area contributed by atoms with E-state index in [0.29, 0.717) is 0 Å². The van der Waals surface area contributed by atoms with Crippen molar-refractivity contribution in [2.45, 2.75) is 73.5 Å². The molecule has 0 saturated carbocycles. The Bertz CT molecular complexity index is 806. The third kappa shape index (κ3) is 5.82. The highest BCUT2D eigenvalue weighted by molar-refractivity contribution is 7.66. The van der Waals surface area contributed by atoms with Crippen LogP contribution in [0.5, 0.6) is 11.5 Å². The van der Waals surface area contributed by atoms with Crippen LogP contribution >= 0.6 is 8.58 Å². The second kappa shape index (κ2) is 10.1. The van der Waals surface area contributed by atoms with Crippen molar-refractivity contribution in [3.05, 3.63) is 52.6 Å². The molecule has 2 aromatic rings. The van der Waals surface area contributed by atoms with Gasteiger partial charge in [-0.1, -0.05) is 31.5 Å². The minimum Gasteiger partial charge on any atom is -0.491 e. The van der Waals surface area contributed by atoms with Crippen LogP contribution in [0.2, 0.25) is 0 Å². The molecule has 28 heavy (non-hydrogen) atoms. The predicted molar refractivity (Wildman–Crippen MR) is 120 cm³/mol. The first-order valence-corrected chi connectivity index (χ1v) is 11.1. The molecule has 0 saturated heterocycles. The third-order valence-corrected chi connectivity index (χ3v) is 6.08. The van der Waals surface area contributed by atoms with Crippen LogP contribution < -0.4 is 14.8 Å². The minimum atomic E-state index is 0.0181. The fourth-order valence-electron chi connectivity index (χ4n) is 3.12. The number of carbonyl (C=O) groups is 1. The van der Waals surface area contributed by atoms with Crippen LogP contribution in [0.3, 0.4) is 0 Å². The highest BCUT2D eigenvalue weighted by Crippen LogP contribution is 2.31. The standard InChI is InChI=1S/C24H33O3P/c1-8-18(6)26-20-10-11-22(21(14-20)27-19(7)9-2)28-24(25)23-16(4)12-15(3)13-17(23)5/h10-14,18-19,28H,8-9H2,1-7H3. The summed E-state index contributed by atoms with van der Waals surface area (Å²) in [5, 5.41) is 0.932. The molecule has 0 amide bonds. The largest absolute Gasteiger partial charge is 0.491 e. The molecule has 3 nitrogen and oxygen atoms in total. The molecule has 0 fully saturated rings. The molecule has 0 aliphatic carbocycles. The Morgan fingerprint density at radius 2 is 1.50 bits per heavy atom. The quantitative estimate of drug-likeness (QED) is 0.476. The lowest BCUT2D eigenvalue weighted by atomic mass is 10.0. The zero-order valence-corrected chi connectivity index (χ0v) is 19.2. The van der Waals surface area contributed by atoms with Crippen molar-refractivity contribution in [1.82, 2.24) is 0 Å². The van der Waals surface area contributed by atoms with E-state index in [2.05, 4.69) is 39.8 Å². The van der Waals surface area contributed by atoms with Crippen molar-refractivity contribution in [3.63, 3.8) is 0 Å². The lowest BCUT2D eigenvalue weighted by molar-refractivity contribution is 0.108. The van der Waals surface area contributed by atoms with Gasteiger partial charge in [0.05, 0.1) is 12.2 Å². The summed E-state index contributed by atoms with van der Waals surface area (Å²) in [6.07, 6.45) is 2.07. The van der Waals surface area contributed by atoms with Crippen LogP contribution in [0, 0.1) is 20.8 Å². The number of ether oxygens (including phenoxy) is 2. The topological polar surface area (TPSA) is 35.5 Å². The van der Waals surface area contributed by atoms with Gasteiger partial charge in [0.1, 0.15) is 11.5 Å². The first-order valence-electron chi connectivity index (χ1n) is 10.1. The van der Waals surface area contributed by atoms with Crippen LogP contribution in [0.1, 0.15) is 67.6 Å². The summed E-state index contributed by atoms with van der Waals surface area (Å²) in [4.78, 5) is 13.1. The molecular formula is C24H33O3P. The van der Waals surface area contributed by atoms with Crippen molar-refractivity contribution < 1.29 is 14.3 Å². The maximum atomic E-state index is 13.1. The highest BCUT2D eigenvalue weighted by Gasteiger charge is 2.18. The smallest absolute Gasteiger partial charge is 0.186 e. The molecular weight excluding hydrogens is 367 g/mol. The Morgan fingerprint density at radius 1 is 0.929 bits per heavy atom. The van der Waals surface area contributed by atoms with Gasteiger partial charge in [0.15, 0.2) is 5.52 Å². The number of benzene rings is 2. The monoisotopic (exact) mass is 400 g/mol. The highest BCUT2D eigenvalue weighted by atomic mass is 31.1. The lowest BCUT2D eigenvalue weighted by Crippen LogP contribution is -2.16. The fourth-order valence-corrected chi connectivity index (χ4v) is 4.30. The minimum absolute atomic E-state index is 0.0181. The molecule has 2 aromatic carbocycles. The molecule has 0 radical (unpaired) electrons. The average Bonchev–Trinajstić information content (AvgIpc) is 2.62. The molecule has 152 valence electrons. The number of aryl methyl sites for hydroxylation is 3. The van der Waals surface area contributed by atoms with Crippen LogP contribution in [0.4, 0.5) is 0 Å². The van der Waals surface area contributed by atoms with E-state index in [1.54, 1.807) is 0 Å². The zero-order chi connectivity index (χ0) is 20.8. The number of carbonyl (C=O) groups excluding carboxylic acids is 1. The van der Waals surface area contributed by atoms with Gasteiger partial charge in [-0.05, 0) is 79.3 Å². The summed E-state index contributed by atoms with van der Waals surface area (Å²) in [7, 11) is 0.0181. The molecule has 3 atom stereocenters. The van der Waals surface area contributed by atoms with E-state index in [1.165, 1.54) is 5.56 Å². The van der Waals surface area contributed by atoms with Crippen LogP contribution in [-0.4, -0.2) is 17.7 Å². The Hall–Kier alpha value is -1.86. The van der Waals surface area contributed by atoms with Gasteiger partial charge in [-0.25, -0.2) is 0 Å². The summed E-state index contributed by atoms with van der Waals surface area (Å²) in [6.45, 7) is 14.4. The summed E-state index contributed by atoms with van der Waals surface area (Å²) < 4.78 is 12.1. The summed E-state index contributed by atoms with van der Waals surface area (Å²) in [5.74, 6) is 1.54. The number of rotatable bonds is 9. The van der Waals surface area contributed by atoms with E-state index in [0.717, 1.165) is 46.3 Å². The van der Waals surface area contributed by atoms with Gasteiger partial charge in [-0.15, -0.1) is 0 Å². The van der Waals surface area contributed by atoms with E-state index in [4.69, 9.17) is 9.47 Å². The normalized spacial score (nSPS) is 13.5. The first kappa shape index (κ1) is 22.4. The van der Waals surface area contributed by atoms with Gasteiger partial charge in [0, 0.05) is 16.9 Å². The Kier molecular flexibility index (Phi) is 8.07. The summed E-state index contributed by atoms with van der Waals surface area (Å²) in [6, 6.07) is 10.0. The van der Waals surface area contributed by atoms with Crippen LogP contribution in [-0.2, 0) is 0 Å². The van der Waals surface area contributed by atoms with E-state index in [-0.39, 0.29) is 26.3 Å². The molecule has 0 bridgehead atoms. The van der Waals surface area contributed by atoms with Crippen molar-refractivity contribution in [3.8, 4) is 11.5 Å². The van der Waals surface area contributed by atoms with E-state index in [1.807, 2.05) is 39.0 Å². The van der Waals surface area contributed by atoms with E-state index < -0.39 is 0 Å². The molecule has 0 aliphatic heterocycles. The van der Waals surface area contributed by atoms with Gasteiger partial charge in [0.2, 0.25) is 0 Å². The van der Waals surface area contributed by atoms with Gasteiger partial charge < -0.3 is 9.47 Å². The van der Waals surface area contributed by atoms with Crippen molar-refractivity contribution >= 4 is 19.4 Å². The van der Waals surface area contributed by atoms with Crippen LogP contribution in [0.25, 0.3) is 0 Å². The molecule has 0 heterocycles. The number of hydrogen-bond donors (Lipinski definition) is 0. The van der Waals surface area contributed by atoms with E-state index in [9.17, 15) is 4.79 Å². The third-order valence-electron chi connectivity index (χ3n) is 4.92. The molecule has 2 rings (SSSR count). The van der Waals surface area contributed by atoms with Crippen molar-refractivity contribution in [1.29, 1.82) is 0 Å². The molecule has 0 aliphatic rings. The molecule has 0 spiro atoms. The zero-order valence-electron chi connectivity index (χ0n) is 18.2. The van der Waals surface area contributed by atoms with Gasteiger partial charge in [-0.3, -0.25) is 4.79 Å².